The van der Waals surface area contributed by atoms with Gasteiger partial charge in [0.25, 0.3) is 0 Å². The third-order valence-electron chi connectivity index (χ3n) is 2.00. The lowest BCUT2D eigenvalue weighted by molar-refractivity contribution is -0.139. The number of thiophene rings is 1. The lowest BCUT2D eigenvalue weighted by atomic mass is 10.3. The third-order valence-corrected chi connectivity index (χ3v) is 3.08. The van der Waals surface area contributed by atoms with Crippen molar-refractivity contribution in [2.45, 2.75) is 25.9 Å². The standard InChI is InChI=1S/C10H13NO4S/c1-6(10(14)15)11-5-8-3-2-7(16-8)4-9(12)13/h2-3,6,11H,4-5H2,1H3,(H,12,13)(H,14,15). The first-order chi connectivity index (χ1) is 7.49. The normalized spacial score (nSPS) is 12.3. The summed E-state index contributed by atoms with van der Waals surface area (Å²) < 4.78 is 0. The van der Waals surface area contributed by atoms with Gasteiger partial charge in [0.2, 0.25) is 0 Å². The van der Waals surface area contributed by atoms with Gasteiger partial charge in [-0.15, -0.1) is 11.3 Å². The van der Waals surface area contributed by atoms with Crippen LogP contribution in [0.25, 0.3) is 0 Å². The van der Waals surface area contributed by atoms with Crippen molar-refractivity contribution in [1.82, 2.24) is 5.32 Å². The fourth-order valence-electron chi connectivity index (χ4n) is 1.10. The number of carboxylic acids is 2. The molecular weight excluding hydrogens is 230 g/mol. The Bertz CT molecular complexity index is 388. The van der Waals surface area contributed by atoms with Gasteiger partial charge in [0.15, 0.2) is 0 Å². The van der Waals surface area contributed by atoms with Crippen molar-refractivity contribution in [3.8, 4) is 0 Å². The second kappa shape index (κ2) is 5.62. The van der Waals surface area contributed by atoms with Crippen LogP contribution in [0.3, 0.4) is 0 Å². The van der Waals surface area contributed by atoms with E-state index >= 15 is 0 Å². The van der Waals surface area contributed by atoms with Gasteiger partial charge >= 0.3 is 11.9 Å². The summed E-state index contributed by atoms with van der Waals surface area (Å²) >= 11 is 1.38. The van der Waals surface area contributed by atoms with Crippen LogP contribution in [0.4, 0.5) is 0 Å². The molecule has 0 aromatic carbocycles. The molecule has 1 atom stereocenters. The maximum absolute atomic E-state index is 10.5. The molecule has 0 aliphatic rings. The number of rotatable bonds is 6. The molecule has 0 spiro atoms. The lowest BCUT2D eigenvalue weighted by Gasteiger charge is -2.06. The summed E-state index contributed by atoms with van der Waals surface area (Å²) in [5.41, 5.74) is 0. The quantitative estimate of drug-likeness (QED) is 0.692. The number of nitrogens with one attached hydrogen (secondary N) is 1. The first-order valence-electron chi connectivity index (χ1n) is 4.74. The van der Waals surface area contributed by atoms with E-state index in [1.54, 1.807) is 13.0 Å². The first kappa shape index (κ1) is 12.7. The second-order valence-corrected chi connectivity index (χ2v) is 4.63. The van der Waals surface area contributed by atoms with Crippen LogP contribution in [0.1, 0.15) is 16.7 Å². The van der Waals surface area contributed by atoms with Crippen molar-refractivity contribution >= 4 is 23.3 Å². The van der Waals surface area contributed by atoms with Gasteiger partial charge in [-0.3, -0.25) is 14.9 Å². The Labute approximate surface area is 96.7 Å². The van der Waals surface area contributed by atoms with Crippen LogP contribution in [-0.4, -0.2) is 28.2 Å². The Kier molecular flexibility index (Phi) is 4.45. The van der Waals surface area contributed by atoms with Crippen molar-refractivity contribution in [1.29, 1.82) is 0 Å². The van der Waals surface area contributed by atoms with Crippen LogP contribution in [0, 0.1) is 0 Å². The zero-order valence-corrected chi connectivity index (χ0v) is 9.58. The summed E-state index contributed by atoms with van der Waals surface area (Å²) in [6.07, 6.45) is 0.0130. The molecule has 1 aromatic heterocycles. The Morgan fingerprint density at radius 2 is 2.00 bits per heavy atom. The molecule has 0 bridgehead atoms. The molecule has 1 rings (SSSR count). The van der Waals surface area contributed by atoms with E-state index < -0.39 is 18.0 Å². The Morgan fingerprint density at radius 3 is 2.56 bits per heavy atom. The average Bonchev–Trinajstić information content (AvgIpc) is 2.60. The Morgan fingerprint density at radius 1 is 1.38 bits per heavy atom. The number of carboxylic acid groups (broad SMARTS) is 2. The van der Waals surface area contributed by atoms with Gasteiger partial charge in [0.1, 0.15) is 6.04 Å². The molecule has 0 saturated carbocycles. The summed E-state index contributed by atoms with van der Waals surface area (Å²) in [5.74, 6) is -1.76. The van der Waals surface area contributed by atoms with E-state index in [1.807, 2.05) is 6.07 Å². The summed E-state index contributed by atoms with van der Waals surface area (Å²) in [7, 11) is 0. The zero-order valence-electron chi connectivity index (χ0n) is 8.77. The fourth-order valence-corrected chi connectivity index (χ4v) is 2.06. The van der Waals surface area contributed by atoms with Crippen LogP contribution >= 0.6 is 11.3 Å². The summed E-state index contributed by atoms with van der Waals surface area (Å²) in [4.78, 5) is 22.7. The van der Waals surface area contributed by atoms with E-state index in [-0.39, 0.29) is 6.42 Å². The predicted molar refractivity (Wildman–Crippen MR) is 59.6 cm³/mol. The summed E-state index contributed by atoms with van der Waals surface area (Å²) in [6, 6.07) is 2.95. The molecule has 0 amide bonds. The molecule has 1 heterocycles. The maximum atomic E-state index is 10.5. The minimum Gasteiger partial charge on any atom is -0.481 e. The summed E-state index contributed by atoms with van der Waals surface area (Å²) in [6.45, 7) is 2.01. The van der Waals surface area contributed by atoms with Gasteiger partial charge in [-0.2, -0.15) is 0 Å². The SMILES string of the molecule is CC(NCc1ccc(CC(=O)O)s1)C(=O)O. The zero-order chi connectivity index (χ0) is 12.1. The van der Waals surface area contributed by atoms with Gasteiger partial charge in [0.05, 0.1) is 6.42 Å². The highest BCUT2D eigenvalue weighted by molar-refractivity contribution is 7.12. The molecule has 3 N–H and O–H groups in total. The van der Waals surface area contributed by atoms with Crippen molar-refractivity contribution < 1.29 is 19.8 Å². The van der Waals surface area contributed by atoms with E-state index in [1.165, 1.54) is 11.3 Å². The van der Waals surface area contributed by atoms with Gasteiger partial charge in [-0.1, -0.05) is 0 Å². The predicted octanol–water partition coefficient (Wildman–Crippen LogP) is 0.938. The Hall–Kier alpha value is -1.40. The minimum atomic E-state index is -0.901. The number of carbonyl (C=O) groups is 2. The molecule has 0 radical (unpaired) electrons. The van der Waals surface area contributed by atoms with Crippen LogP contribution in [0.15, 0.2) is 12.1 Å². The van der Waals surface area contributed by atoms with E-state index in [0.717, 1.165) is 9.75 Å². The van der Waals surface area contributed by atoms with Gasteiger partial charge in [0, 0.05) is 16.3 Å². The average molecular weight is 243 g/mol. The summed E-state index contributed by atoms with van der Waals surface area (Å²) in [5, 5.41) is 20.1. The van der Waals surface area contributed by atoms with E-state index in [0.29, 0.717) is 6.54 Å². The van der Waals surface area contributed by atoms with Crippen molar-refractivity contribution in [2.24, 2.45) is 0 Å². The number of hydrogen-bond donors (Lipinski definition) is 3. The lowest BCUT2D eigenvalue weighted by Crippen LogP contribution is -2.32. The third kappa shape index (κ3) is 4.00. The molecule has 1 aromatic rings. The van der Waals surface area contributed by atoms with Crippen LogP contribution in [0.2, 0.25) is 0 Å². The molecule has 0 fully saturated rings. The van der Waals surface area contributed by atoms with Gasteiger partial charge in [-0.25, -0.2) is 0 Å². The molecule has 16 heavy (non-hydrogen) atoms. The first-order valence-corrected chi connectivity index (χ1v) is 5.56. The largest absolute Gasteiger partial charge is 0.481 e. The fraction of sp³-hybridized carbons (Fsp3) is 0.400. The van der Waals surface area contributed by atoms with Crippen molar-refractivity contribution in [3.05, 3.63) is 21.9 Å². The molecule has 5 nitrogen and oxygen atoms in total. The maximum Gasteiger partial charge on any atom is 0.320 e. The molecule has 0 aliphatic carbocycles. The molecular formula is C10H13NO4S. The van der Waals surface area contributed by atoms with E-state index in [2.05, 4.69) is 5.32 Å². The number of hydrogen-bond acceptors (Lipinski definition) is 4. The topological polar surface area (TPSA) is 86.6 Å². The molecule has 1 unspecified atom stereocenters. The Balaban J connectivity index is 2.46. The minimum absolute atomic E-state index is 0.0130. The van der Waals surface area contributed by atoms with E-state index in [4.69, 9.17) is 10.2 Å². The monoisotopic (exact) mass is 243 g/mol. The molecule has 6 heteroatoms. The van der Waals surface area contributed by atoms with Gasteiger partial charge in [-0.05, 0) is 19.1 Å². The highest BCUT2D eigenvalue weighted by Gasteiger charge is 2.10. The highest BCUT2D eigenvalue weighted by atomic mass is 32.1. The molecule has 0 aliphatic heterocycles. The number of aliphatic carboxylic acids is 2. The molecule has 0 saturated heterocycles. The van der Waals surface area contributed by atoms with Gasteiger partial charge < -0.3 is 10.2 Å². The van der Waals surface area contributed by atoms with Crippen molar-refractivity contribution in [2.75, 3.05) is 0 Å². The van der Waals surface area contributed by atoms with E-state index in [9.17, 15) is 9.59 Å². The van der Waals surface area contributed by atoms with Crippen molar-refractivity contribution in [3.63, 3.8) is 0 Å². The van der Waals surface area contributed by atoms with Crippen LogP contribution < -0.4 is 5.32 Å². The smallest absolute Gasteiger partial charge is 0.320 e. The molecule has 88 valence electrons. The second-order valence-electron chi connectivity index (χ2n) is 3.38. The van der Waals surface area contributed by atoms with Crippen LogP contribution in [0.5, 0.6) is 0 Å². The van der Waals surface area contributed by atoms with Crippen LogP contribution in [-0.2, 0) is 22.6 Å². The highest BCUT2D eigenvalue weighted by Crippen LogP contribution is 2.16.